The van der Waals surface area contributed by atoms with Crippen LogP contribution in [0.4, 0.5) is 5.69 Å². The third kappa shape index (κ3) is 6.71. The number of esters is 2. The second-order valence-corrected chi connectivity index (χ2v) is 7.75. The van der Waals surface area contributed by atoms with E-state index in [0.717, 1.165) is 24.2 Å². The summed E-state index contributed by atoms with van der Waals surface area (Å²) in [5.74, 6) is -0.124. The first-order chi connectivity index (χ1) is 15.9. The van der Waals surface area contributed by atoms with Gasteiger partial charge in [-0.3, -0.25) is 4.79 Å². The number of hydrogen-bond donors (Lipinski definition) is 2. The lowest BCUT2D eigenvalue weighted by Gasteiger charge is -2.20. The minimum atomic E-state index is -0.551. The molecule has 33 heavy (non-hydrogen) atoms. The number of carbonyl (C=O) groups is 3. The Morgan fingerprint density at radius 3 is 2.00 bits per heavy atom. The molecule has 1 aliphatic carbocycles. The van der Waals surface area contributed by atoms with E-state index in [1.165, 1.54) is 6.07 Å². The summed E-state index contributed by atoms with van der Waals surface area (Å²) in [6.07, 6.45) is 2.13. The van der Waals surface area contributed by atoms with E-state index in [-0.39, 0.29) is 42.8 Å². The highest BCUT2D eigenvalue weighted by Gasteiger charge is 2.33. The number of rotatable bonds is 11. The number of benzene rings is 2. The van der Waals surface area contributed by atoms with Crippen molar-refractivity contribution >= 4 is 23.5 Å². The van der Waals surface area contributed by atoms with E-state index in [1.54, 1.807) is 33.1 Å². The molecule has 0 aliphatic heterocycles. The number of methoxy groups -OCH3 is 1. The molecule has 1 saturated carbocycles. The Morgan fingerprint density at radius 1 is 0.939 bits per heavy atom. The molecule has 2 aromatic rings. The van der Waals surface area contributed by atoms with Crippen LogP contribution >= 0.6 is 0 Å². The summed E-state index contributed by atoms with van der Waals surface area (Å²) in [5.41, 5.74) is 1.89. The maximum Gasteiger partial charge on any atom is 0.338 e. The van der Waals surface area contributed by atoms with Crippen molar-refractivity contribution in [1.82, 2.24) is 5.32 Å². The molecule has 1 aliphatic rings. The van der Waals surface area contributed by atoms with E-state index < -0.39 is 11.9 Å². The van der Waals surface area contributed by atoms with Crippen LogP contribution in [-0.4, -0.2) is 44.7 Å². The van der Waals surface area contributed by atoms with Gasteiger partial charge in [0.25, 0.3) is 0 Å². The Bertz CT molecular complexity index is 949. The first kappa shape index (κ1) is 24.1. The predicted octanol–water partition coefficient (Wildman–Crippen LogP) is 3.73. The van der Waals surface area contributed by atoms with Crippen molar-refractivity contribution in [2.24, 2.45) is 5.92 Å². The smallest absolute Gasteiger partial charge is 0.338 e. The number of anilines is 1. The first-order valence-corrected chi connectivity index (χ1v) is 11.1. The zero-order chi connectivity index (χ0) is 23.8. The molecule has 0 saturated heterocycles. The van der Waals surface area contributed by atoms with E-state index in [4.69, 9.17) is 14.2 Å². The van der Waals surface area contributed by atoms with Crippen LogP contribution in [0.5, 0.6) is 5.75 Å². The van der Waals surface area contributed by atoms with E-state index in [1.807, 2.05) is 24.3 Å². The van der Waals surface area contributed by atoms with Gasteiger partial charge >= 0.3 is 11.9 Å². The Hall–Kier alpha value is -3.55. The van der Waals surface area contributed by atoms with Crippen molar-refractivity contribution < 1.29 is 28.6 Å². The van der Waals surface area contributed by atoms with E-state index >= 15 is 0 Å². The minimum absolute atomic E-state index is 0.0199. The Labute approximate surface area is 193 Å². The van der Waals surface area contributed by atoms with Crippen molar-refractivity contribution in [2.45, 2.75) is 32.7 Å². The fraction of sp³-hybridized carbons (Fsp3) is 0.400. The Balaban J connectivity index is 1.69. The third-order valence-corrected chi connectivity index (χ3v) is 5.29. The van der Waals surface area contributed by atoms with Crippen LogP contribution in [0.25, 0.3) is 0 Å². The van der Waals surface area contributed by atoms with Crippen LogP contribution in [0.1, 0.15) is 59.0 Å². The highest BCUT2D eigenvalue weighted by molar-refractivity contribution is 5.97. The first-order valence-electron chi connectivity index (χ1n) is 11.1. The Morgan fingerprint density at radius 2 is 1.52 bits per heavy atom. The van der Waals surface area contributed by atoms with Gasteiger partial charge in [-0.05, 0) is 68.5 Å². The number of ether oxygens (including phenoxy) is 3. The van der Waals surface area contributed by atoms with Gasteiger partial charge in [0, 0.05) is 5.69 Å². The largest absolute Gasteiger partial charge is 0.497 e. The molecule has 0 spiro atoms. The van der Waals surface area contributed by atoms with E-state index in [2.05, 4.69) is 10.6 Å². The fourth-order valence-corrected chi connectivity index (χ4v) is 3.52. The van der Waals surface area contributed by atoms with Crippen LogP contribution in [0, 0.1) is 5.92 Å². The minimum Gasteiger partial charge on any atom is -0.497 e. The molecule has 1 fully saturated rings. The standard InChI is InChI=1S/C25H30N2O6/c1-4-32-24(29)18-12-19(25(30)33-5-2)14-20(13-18)26-15-22(28)27-23(16-6-7-16)17-8-10-21(31-3)11-9-17/h8-14,16,23,26H,4-7,15H2,1-3H3,(H,27,28). The maximum atomic E-state index is 12.7. The van der Waals surface area contributed by atoms with Gasteiger partial charge in [0.2, 0.25) is 5.91 Å². The monoisotopic (exact) mass is 454 g/mol. The van der Waals surface area contributed by atoms with Crippen LogP contribution < -0.4 is 15.4 Å². The summed E-state index contributed by atoms with van der Waals surface area (Å²) in [6, 6.07) is 12.1. The fourth-order valence-electron chi connectivity index (χ4n) is 3.52. The summed E-state index contributed by atoms with van der Waals surface area (Å²) in [5, 5.41) is 6.10. The van der Waals surface area contributed by atoms with Crippen LogP contribution in [0.2, 0.25) is 0 Å². The van der Waals surface area contributed by atoms with E-state index in [0.29, 0.717) is 11.6 Å². The summed E-state index contributed by atoms with van der Waals surface area (Å²) < 4.78 is 15.3. The molecule has 0 heterocycles. The quantitative estimate of drug-likeness (QED) is 0.499. The molecular weight excluding hydrogens is 424 g/mol. The molecule has 1 atom stereocenters. The van der Waals surface area contributed by atoms with Gasteiger partial charge in [0.15, 0.2) is 0 Å². The number of carbonyl (C=O) groups excluding carboxylic acids is 3. The van der Waals surface area contributed by atoms with Gasteiger partial charge in [-0.1, -0.05) is 12.1 Å². The normalized spacial score (nSPS) is 13.5. The molecule has 176 valence electrons. The lowest BCUT2D eigenvalue weighted by Crippen LogP contribution is -2.34. The maximum absolute atomic E-state index is 12.7. The molecule has 0 bridgehead atoms. The van der Waals surface area contributed by atoms with Gasteiger partial charge in [0.05, 0.1) is 44.0 Å². The lowest BCUT2D eigenvalue weighted by atomic mass is 10.0. The van der Waals surface area contributed by atoms with E-state index in [9.17, 15) is 14.4 Å². The van der Waals surface area contributed by atoms with Crippen molar-refractivity contribution in [1.29, 1.82) is 0 Å². The molecule has 3 rings (SSSR count). The van der Waals surface area contributed by atoms with Crippen molar-refractivity contribution in [3.8, 4) is 5.75 Å². The average Bonchev–Trinajstić information content (AvgIpc) is 3.67. The van der Waals surface area contributed by atoms with Gasteiger partial charge in [-0.2, -0.15) is 0 Å². The zero-order valence-corrected chi connectivity index (χ0v) is 19.2. The number of amides is 1. The number of hydrogen-bond acceptors (Lipinski definition) is 7. The predicted molar refractivity (Wildman–Crippen MR) is 123 cm³/mol. The molecule has 0 aromatic heterocycles. The second kappa shape index (κ2) is 11.4. The van der Waals surface area contributed by atoms with Crippen molar-refractivity contribution in [2.75, 3.05) is 32.2 Å². The molecule has 2 N–H and O–H groups in total. The molecule has 1 unspecified atom stereocenters. The van der Waals surface area contributed by atoms with Gasteiger partial charge < -0.3 is 24.8 Å². The second-order valence-electron chi connectivity index (χ2n) is 7.75. The molecule has 1 amide bonds. The molecule has 2 aromatic carbocycles. The summed E-state index contributed by atoms with van der Waals surface area (Å²) >= 11 is 0. The number of nitrogens with one attached hydrogen (secondary N) is 2. The highest BCUT2D eigenvalue weighted by Crippen LogP contribution is 2.41. The van der Waals surface area contributed by atoms with Crippen molar-refractivity contribution in [3.05, 3.63) is 59.2 Å². The van der Waals surface area contributed by atoms with Crippen LogP contribution in [-0.2, 0) is 14.3 Å². The van der Waals surface area contributed by atoms with Crippen LogP contribution in [0.15, 0.2) is 42.5 Å². The molecular formula is C25H30N2O6. The molecule has 8 heteroatoms. The van der Waals surface area contributed by atoms with Crippen molar-refractivity contribution in [3.63, 3.8) is 0 Å². The highest BCUT2D eigenvalue weighted by atomic mass is 16.5. The Kier molecular flexibility index (Phi) is 8.29. The van der Waals surface area contributed by atoms with Gasteiger partial charge in [-0.15, -0.1) is 0 Å². The molecule has 8 nitrogen and oxygen atoms in total. The van der Waals surface area contributed by atoms with Crippen LogP contribution in [0.3, 0.4) is 0 Å². The summed E-state index contributed by atoms with van der Waals surface area (Å²) in [4.78, 5) is 37.1. The topological polar surface area (TPSA) is 103 Å². The van der Waals surface area contributed by atoms with Gasteiger partial charge in [-0.25, -0.2) is 9.59 Å². The summed E-state index contributed by atoms with van der Waals surface area (Å²) in [6.45, 7) is 3.81. The SMILES string of the molecule is CCOC(=O)c1cc(NCC(=O)NC(c2ccc(OC)cc2)C2CC2)cc(C(=O)OCC)c1. The van der Waals surface area contributed by atoms with Gasteiger partial charge in [0.1, 0.15) is 5.75 Å². The lowest BCUT2D eigenvalue weighted by molar-refractivity contribution is -0.120. The molecule has 0 radical (unpaired) electrons. The average molecular weight is 455 g/mol. The summed E-state index contributed by atoms with van der Waals surface area (Å²) in [7, 11) is 1.62. The zero-order valence-electron chi connectivity index (χ0n) is 19.2. The third-order valence-electron chi connectivity index (χ3n) is 5.29.